The molecule has 0 amide bonds. The number of allylic oxidation sites excluding steroid dienone is 2. The van der Waals surface area contributed by atoms with Gasteiger partial charge in [0.15, 0.2) is 0 Å². The fraction of sp³-hybridized carbons (Fsp3) is 0.636. The van der Waals surface area contributed by atoms with Crippen molar-refractivity contribution in [1.82, 2.24) is 0 Å². The highest BCUT2D eigenvalue weighted by Gasteiger charge is 2.30. The summed E-state index contributed by atoms with van der Waals surface area (Å²) in [5.41, 5.74) is 1.08. The van der Waals surface area contributed by atoms with Crippen LogP contribution in [-0.4, -0.2) is 6.43 Å². The zero-order valence-corrected chi connectivity index (χ0v) is 15.9. The summed E-state index contributed by atoms with van der Waals surface area (Å²) in [6, 6.07) is 5.23. The summed E-state index contributed by atoms with van der Waals surface area (Å²) in [6.07, 6.45) is 10.7. The Kier molecular flexibility index (Phi) is 7.08. The summed E-state index contributed by atoms with van der Waals surface area (Å²) in [5.74, 6) is 2.17. The first-order valence-corrected chi connectivity index (χ1v) is 10.3. The lowest BCUT2D eigenvalue weighted by Crippen LogP contribution is -2.25. The van der Waals surface area contributed by atoms with Crippen LogP contribution in [0.15, 0.2) is 30.4 Å². The summed E-state index contributed by atoms with van der Waals surface area (Å²) < 4.78 is 38.1. The van der Waals surface area contributed by atoms with Crippen molar-refractivity contribution in [2.75, 3.05) is 0 Å². The van der Waals surface area contributed by atoms with Crippen molar-refractivity contribution in [3.05, 3.63) is 46.8 Å². The third-order valence-electron chi connectivity index (χ3n) is 6.39. The first kappa shape index (κ1) is 19.8. The van der Waals surface area contributed by atoms with E-state index in [9.17, 15) is 13.2 Å². The molecule has 144 valence electrons. The molecule has 1 aromatic rings. The molecule has 4 heteroatoms. The van der Waals surface area contributed by atoms with Crippen LogP contribution in [0.3, 0.4) is 0 Å². The molecule has 0 bridgehead atoms. The van der Waals surface area contributed by atoms with Crippen LogP contribution in [0.1, 0.15) is 69.3 Å². The van der Waals surface area contributed by atoms with E-state index >= 15 is 0 Å². The highest BCUT2D eigenvalue weighted by Crippen LogP contribution is 2.44. The molecule has 0 heterocycles. The minimum atomic E-state index is -2.23. The molecule has 0 radical (unpaired) electrons. The summed E-state index contributed by atoms with van der Waals surface area (Å²) in [4.78, 5) is 0. The second kappa shape index (κ2) is 9.30. The summed E-state index contributed by atoms with van der Waals surface area (Å²) in [5, 5.41) is 0.196. The van der Waals surface area contributed by atoms with Crippen molar-refractivity contribution in [1.29, 1.82) is 0 Å². The highest BCUT2D eigenvalue weighted by atomic mass is 35.5. The monoisotopic (exact) mass is 384 g/mol. The van der Waals surface area contributed by atoms with Crippen LogP contribution in [0.5, 0.6) is 0 Å². The minimum Gasteiger partial charge on any atom is -0.210 e. The Morgan fingerprint density at radius 2 is 1.58 bits per heavy atom. The number of halogens is 4. The van der Waals surface area contributed by atoms with Crippen LogP contribution in [0.4, 0.5) is 13.2 Å². The standard InChI is InChI=1S/C22H28ClF3/c23-20-13-12-19(14-21(20)24)18-10-8-17(9-11-18)16-6-4-15(5-7-16)2-1-3-22(25)26/h1-2,12-18,22H,3-11H2/b2-1+/t15-,16-,17?,18?. The van der Waals surface area contributed by atoms with Gasteiger partial charge in [0.2, 0.25) is 6.43 Å². The third kappa shape index (κ3) is 5.28. The zero-order valence-electron chi connectivity index (χ0n) is 15.1. The molecule has 1 aromatic carbocycles. The molecule has 0 saturated heterocycles. The van der Waals surface area contributed by atoms with Crippen molar-refractivity contribution < 1.29 is 13.2 Å². The molecule has 0 atom stereocenters. The first-order valence-electron chi connectivity index (χ1n) is 9.92. The van der Waals surface area contributed by atoms with Gasteiger partial charge in [0.05, 0.1) is 5.02 Å². The predicted molar refractivity (Wildman–Crippen MR) is 101 cm³/mol. The number of hydrogen-bond donors (Lipinski definition) is 0. The van der Waals surface area contributed by atoms with E-state index in [1.807, 2.05) is 12.1 Å². The van der Waals surface area contributed by atoms with Crippen molar-refractivity contribution in [2.45, 2.75) is 70.1 Å². The molecule has 0 N–H and O–H groups in total. The largest absolute Gasteiger partial charge is 0.242 e. The van der Waals surface area contributed by atoms with Crippen LogP contribution >= 0.6 is 11.6 Å². The van der Waals surface area contributed by atoms with E-state index in [1.165, 1.54) is 25.7 Å². The van der Waals surface area contributed by atoms with Gasteiger partial charge in [-0.25, -0.2) is 13.2 Å². The number of alkyl halides is 2. The van der Waals surface area contributed by atoms with E-state index in [0.717, 1.165) is 43.1 Å². The minimum absolute atomic E-state index is 0.116. The van der Waals surface area contributed by atoms with Gasteiger partial charge in [-0.2, -0.15) is 0 Å². The van der Waals surface area contributed by atoms with Crippen LogP contribution in [-0.2, 0) is 0 Å². The van der Waals surface area contributed by atoms with E-state index in [4.69, 9.17) is 11.6 Å². The van der Waals surface area contributed by atoms with E-state index in [-0.39, 0.29) is 17.3 Å². The molecule has 0 aliphatic heterocycles. The molecule has 2 aliphatic carbocycles. The Labute approximate surface area is 159 Å². The quantitative estimate of drug-likeness (QED) is 0.455. The summed E-state index contributed by atoms with van der Waals surface area (Å²) in [7, 11) is 0. The van der Waals surface area contributed by atoms with Gasteiger partial charge in [-0.3, -0.25) is 0 Å². The molecular formula is C22H28ClF3. The van der Waals surface area contributed by atoms with Gasteiger partial charge >= 0.3 is 0 Å². The SMILES string of the molecule is Fc1cc(C2CCC([C@H]3CC[C@H](/C=C/CC(F)F)CC3)CC2)ccc1Cl. The Balaban J connectivity index is 1.44. The average Bonchev–Trinajstić information content (AvgIpc) is 2.64. The van der Waals surface area contributed by atoms with Gasteiger partial charge in [0.25, 0.3) is 0 Å². The van der Waals surface area contributed by atoms with Crippen molar-refractivity contribution >= 4 is 11.6 Å². The van der Waals surface area contributed by atoms with Crippen LogP contribution in [0.25, 0.3) is 0 Å². The summed E-state index contributed by atoms with van der Waals surface area (Å²) in [6.45, 7) is 0. The molecule has 0 spiro atoms. The van der Waals surface area contributed by atoms with Gasteiger partial charge in [-0.15, -0.1) is 0 Å². The molecule has 0 nitrogen and oxygen atoms in total. The summed E-state index contributed by atoms with van der Waals surface area (Å²) >= 11 is 5.79. The molecule has 0 unspecified atom stereocenters. The van der Waals surface area contributed by atoms with Crippen LogP contribution in [0.2, 0.25) is 5.02 Å². The predicted octanol–water partition coefficient (Wildman–Crippen LogP) is 7.77. The first-order chi connectivity index (χ1) is 12.5. The fourth-order valence-corrected chi connectivity index (χ4v) is 4.99. The lowest BCUT2D eigenvalue weighted by atomic mass is 9.68. The normalized spacial score (nSPS) is 30.2. The zero-order chi connectivity index (χ0) is 18.5. The maximum absolute atomic E-state index is 13.7. The van der Waals surface area contributed by atoms with Gasteiger partial charge in [0.1, 0.15) is 5.82 Å². The van der Waals surface area contributed by atoms with Gasteiger partial charge in [-0.1, -0.05) is 29.8 Å². The van der Waals surface area contributed by atoms with E-state index in [1.54, 1.807) is 18.2 Å². The maximum Gasteiger partial charge on any atom is 0.242 e. The fourth-order valence-electron chi connectivity index (χ4n) is 4.87. The van der Waals surface area contributed by atoms with Crippen molar-refractivity contribution in [3.8, 4) is 0 Å². The second-order valence-corrected chi connectivity index (χ2v) is 8.42. The van der Waals surface area contributed by atoms with Crippen LogP contribution < -0.4 is 0 Å². The molecule has 2 aliphatic rings. The van der Waals surface area contributed by atoms with E-state index < -0.39 is 6.43 Å². The lowest BCUT2D eigenvalue weighted by molar-refractivity contribution is 0.151. The van der Waals surface area contributed by atoms with Gasteiger partial charge in [-0.05, 0) is 92.7 Å². The Morgan fingerprint density at radius 3 is 2.15 bits per heavy atom. The number of rotatable bonds is 5. The Hall–Kier alpha value is -0.960. The Bertz CT molecular complexity index is 597. The average molecular weight is 385 g/mol. The van der Waals surface area contributed by atoms with Crippen molar-refractivity contribution in [2.24, 2.45) is 17.8 Å². The molecule has 2 fully saturated rings. The number of hydrogen-bond acceptors (Lipinski definition) is 0. The highest BCUT2D eigenvalue weighted by molar-refractivity contribution is 6.30. The van der Waals surface area contributed by atoms with Crippen LogP contribution in [0, 0.1) is 23.6 Å². The van der Waals surface area contributed by atoms with Crippen molar-refractivity contribution in [3.63, 3.8) is 0 Å². The third-order valence-corrected chi connectivity index (χ3v) is 6.70. The van der Waals surface area contributed by atoms with E-state index in [2.05, 4.69) is 0 Å². The van der Waals surface area contributed by atoms with Gasteiger partial charge in [0, 0.05) is 6.42 Å². The molecule has 26 heavy (non-hydrogen) atoms. The molecule has 3 rings (SSSR count). The Morgan fingerprint density at radius 1 is 0.962 bits per heavy atom. The molecule has 2 saturated carbocycles. The smallest absolute Gasteiger partial charge is 0.210 e. The second-order valence-electron chi connectivity index (χ2n) is 8.02. The molecule has 0 aromatic heterocycles. The topological polar surface area (TPSA) is 0 Å². The van der Waals surface area contributed by atoms with E-state index in [0.29, 0.717) is 11.8 Å². The van der Waals surface area contributed by atoms with Gasteiger partial charge < -0.3 is 0 Å². The number of benzene rings is 1. The molecular weight excluding hydrogens is 357 g/mol. The maximum atomic E-state index is 13.7. The lowest BCUT2D eigenvalue weighted by Gasteiger charge is -2.37.